The number of aromatic nitrogens is 2. The molecule has 1 aliphatic rings. The first kappa shape index (κ1) is 16.0. The Labute approximate surface area is 125 Å². The third-order valence-electron chi connectivity index (χ3n) is 4.04. The fourth-order valence-electron chi connectivity index (χ4n) is 2.89. The van der Waals surface area contributed by atoms with Crippen molar-refractivity contribution in [3.05, 3.63) is 18.0 Å². The molecule has 1 fully saturated rings. The van der Waals surface area contributed by atoms with Crippen LogP contribution in [0.2, 0.25) is 0 Å². The third kappa shape index (κ3) is 3.84. The van der Waals surface area contributed by atoms with E-state index in [0.717, 1.165) is 12.8 Å². The molecular weight excluding hydrogens is 292 g/mol. The third-order valence-corrected chi connectivity index (χ3v) is 6.14. The van der Waals surface area contributed by atoms with Crippen LogP contribution >= 0.6 is 0 Å². The number of carbonyl (C=O) groups is 1. The van der Waals surface area contributed by atoms with Crippen molar-refractivity contribution in [3.8, 4) is 0 Å². The first-order valence-corrected chi connectivity index (χ1v) is 9.14. The molecule has 0 amide bonds. The summed E-state index contributed by atoms with van der Waals surface area (Å²) in [5, 5.41) is 12.0. The lowest BCUT2D eigenvalue weighted by atomic mass is 9.96. The minimum Gasteiger partial charge on any atom is -0.480 e. The lowest BCUT2D eigenvalue weighted by Gasteiger charge is -2.21. The number of carboxylic acid groups (broad SMARTS) is 1. The van der Waals surface area contributed by atoms with Crippen molar-refractivity contribution in [2.45, 2.75) is 62.5 Å². The van der Waals surface area contributed by atoms with Gasteiger partial charge in [0, 0.05) is 6.20 Å². The molecule has 1 N–H and O–H groups in total. The maximum Gasteiger partial charge on any atom is 0.321 e. The number of nitrogens with zero attached hydrogens (tertiary/aromatic N) is 2. The summed E-state index contributed by atoms with van der Waals surface area (Å²) in [6.45, 7) is 1.57. The van der Waals surface area contributed by atoms with Crippen LogP contribution in [-0.4, -0.2) is 34.5 Å². The average Bonchev–Trinajstić information content (AvgIpc) is 2.87. The van der Waals surface area contributed by atoms with Gasteiger partial charge in [0.2, 0.25) is 0 Å². The quantitative estimate of drug-likeness (QED) is 0.869. The SMILES string of the molecule is CCC(C(=O)O)S(=O)(=O)Cc1ccn(C2CCCCC2)n1. The summed E-state index contributed by atoms with van der Waals surface area (Å²) in [6, 6.07) is 2.03. The zero-order chi connectivity index (χ0) is 15.5. The van der Waals surface area contributed by atoms with Crippen molar-refractivity contribution in [2.24, 2.45) is 0 Å². The minimum atomic E-state index is -3.72. The van der Waals surface area contributed by atoms with Gasteiger partial charge in [-0.15, -0.1) is 0 Å². The van der Waals surface area contributed by atoms with Crippen molar-refractivity contribution >= 4 is 15.8 Å². The molecule has 0 bridgehead atoms. The van der Waals surface area contributed by atoms with Gasteiger partial charge >= 0.3 is 5.97 Å². The summed E-state index contributed by atoms with van der Waals surface area (Å²) in [4.78, 5) is 11.0. The Bertz CT molecular complexity index is 588. The molecule has 7 heteroatoms. The molecule has 1 heterocycles. The van der Waals surface area contributed by atoms with Crippen LogP contribution in [0.25, 0.3) is 0 Å². The second kappa shape index (κ2) is 6.60. The summed E-state index contributed by atoms with van der Waals surface area (Å²) in [5.74, 6) is -1.60. The highest BCUT2D eigenvalue weighted by molar-refractivity contribution is 7.92. The molecule has 0 radical (unpaired) electrons. The van der Waals surface area contributed by atoms with E-state index in [1.54, 1.807) is 13.0 Å². The molecule has 0 spiro atoms. The standard InChI is InChI=1S/C14H22N2O4S/c1-2-13(14(17)18)21(19,20)10-11-8-9-16(15-11)12-6-4-3-5-7-12/h8-9,12-13H,2-7,10H2,1H3,(H,17,18). The smallest absolute Gasteiger partial charge is 0.321 e. The predicted molar refractivity (Wildman–Crippen MR) is 78.7 cm³/mol. The second-order valence-electron chi connectivity index (χ2n) is 5.62. The zero-order valence-electron chi connectivity index (χ0n) is 12.2. The number of carboxylic acids is 1. The van der Waals surface area contributed by atoms with Gasteiger partial charge in [0.15, 0.2) is 15.1 Å². The number of hydrogen-bond acceptors (Lipinski definition) is 4. The van der Waals surface area contributed by atoms with E-state index in [2.05, 4.69) is 5.10 Å². The highest BCUT2D eigenvalue weighted by Crippen LogP contribution is 2.27. The molecule has 0 aliphatic heterocycles. The van der Waals surface area contributed by atoms with Gasteiger partial charge in [-0.2, -0.15) is 5.10 Å². The van der Waals surface area contributed by atoms with Gasteiger partial charge in [-0.3, -0.25) is 9.48 Å². The van der Waals surface area contributed by atoms with E-state index >= 15 is 0 Å². The summed E-state index contributed by atoms with van der Waals surface area (Å²) in [5.41, 5.74) is 0.431. The zero-order valence-corrected chi connectivity index (χ0v) is 13.1. The molecule has 1 saturated carbocycles. The van der Waals surface area contributed by atoms with Gasteiger partial charge in [0.05, 0.1) is 17.5 Å². The predicted octanol–water partition coefficient (Wildman–Crippen LogP) is 2.17. The molecular formula is C14H22N2O4S. The van der Waals surface area contributed by atoms with Crippen LogP contribution < -0.4 is 0 Å². The van der Waals surface area contributed by atoms with Crippen molar-refractivity contribution in [1.82, 2.24) is 9.78 Å². The van der Waals surface area contributed by atoms with Crippen LogP contribution in [-0.2, 0) is 20.4 Å². The number of rotatable bonds is 6. The molecule has 1 atom stereocenters. The molecule has 6 nitrogen and oxygen atoms in total. The van der Waals surface area contributed by atoms with E-state index in [9.17, 15) is 13.2 Å². The molecule has 2 rings (SSSR count). The van der Waals surface area contributed by atoms with Crippen LogP contribution in [0.5, 0.6) is 0 Å². The van der Waals surface area contributed by atoms with Crippen molar-refractivity contribution in [1.29, 1.82) is 0 Å². The maximum absolute atomic E-state index is 12.1. The van der Waals surface area contributed by atoms with Gasteiger partial charge < -0.3 is 5.11 Å². The summed E-state index contributed by atoms with van der Waals surface area (Å²) >= 11 is 0. The highest BCUT2D eigenvalue weighted by Gasteiger charge is 2.31. The highest BCUT2D eigenvalue weighted by atomic mass is 32.2. The molecule has 21 heavy (non-hydrogen) atoms. The molecule has 1 aromatic rings. The average molecular weight is 314 g/mol. The van der Waals surface area contributed by atoms with Crippen molar-refractivity contribution in [2.75, 3.05) is 0 Å². The van der Waals surface area contributed by atoms with Gasteiger partial charge in [0.1, 0.15) is 0 Å². The Balaban J connectivity index is 2.09. The normalized spacial score (nSPS) is 18.5. The van der Waals surface area contributed by atoms with E-state index < -0.39 is 21.1 Å². The number of sulfone groups is 1. The fraction of sp³-hybridized carbons (Fsp3) is 0.714. The summed E-state index contributed by atoms with van der Waals surface area (Å²) < 4.78 is 26.1. The summed E-state index contributed by atoms with van der Waals surface area (Å²) in [6.07, 6.45) is 7.62. The van der Waals surface area contributed by atoms with Gasteiger partial charge in [-0.05, 0) is 25.3 Å². The van der Waals surface area contributed by atoms with Gasteiger partial charge in [-0.25, -0.2) is 8.42 Å². The minimum absolute atomic E-state index is 0.0704. The maximum atomic E-state index is 12.1. The Morgan fingerprint density at radius 3 is 2.67 bits per heavy atom. The van der Waals surface area contributed by atoms with E-state index in [1.807, 2.05) is 10.9 Å². The fourth-order valence-corrected chi connectivity index (χ4v) is 4.47. The Morgan fingerprint density at radius 1 is 1.43 bits per heavy atom. The van der Waals surface area contributed by atoms with Crippen molar-refractivity contribution in [3.63, 3.8) is 0 Å². The first-order chi connectivity index (χ1) is 9.94. The monoisotopic (exact) mass is 314 g/mol. The van der Waals surface area contributed by atoms with Crippen LogP contribution in [0.3, 0.4) is 0 Å². The molecule has 1 unspecified atom stereocenters. The Kier molecular flexibility index (Phi) is 5.03. The van der Waals surface area contributed by atoms with Gasteiger partial charge in [0.25, 0.3) is 0 Å². The van der Waals surface area contributed by atoms with Crippen LogP contribution in [0, 0.1) is 0 Å². The van der Waals surface area contributed by atoms with Crippen LogP contribution in [0.1, 0.15) is 57.2 Å². The Hall–Kier alpha value is -1.37. The first-order valence-electron chi connectivity index (χ1n) is 7.42. The van der Waals surface area contributed by atoms with Crippen LogP contribution in [0.15, 0.2) is 12.3 Å². The van der Waals surface area contributed by atoms with Crippen molar-refractivity contribution < 1.29 is 18.3 Å². The Morgan fingerprint density at radius 2 is 2.10 bits per heavy atom. The van der Waals surface area contributed by atoms with Crippen LogP contribution in [0.4, 0.5) is 0 Å². The molecule has 1 aromatic heterocycles. The number of aliphatic carboxylic acids is 1. The molecule has 0 saturated heterocycles. The van der Waals surface area contributed by atoms with E-state index in [1.165, 1.54) is 19.3 Å². The van der Waals surface area contributed by atoms with E-state index in [0.29, 0.717) is 11.7 Å². The number of hydrogen-bond donors (Lipinski definition) is 1. The largest absolute Gasteiger partial charge is 0.480 e. The summed E-state index contributed by atoms with van der Waals surface area (Å²) in [7, 11) is -3.72. The second-order valence-corrected chi connectivity index (χ2v) is 7.80. The van der Waals surface area contributed by atoms with E-state index in [-0.39, 0.29) is 12.2 Å². The lowest BCUT2D eigenvalue weighted by molar-refractivity contribution is -0.136. The van der Waals surface area contributed by atoms with E-state index in [4.69, 9.17) is 5.11 Å². The topological polar surface area (TPSA) is 89.3 Å². The lowest BCUT2D eigenvalue weighted by Crippen LogP contribution is -2.30. The molecule has 0 aromatic carbocycles. The molecule has 118 valence electrons. The molecule has 1 aliphatic carbocycles. The van der Waals surface area contributed by atoms with Gasteiger partial charge in [-0.1, -0.05) is 26.2 Å².